The number of anilines is 2. The van der Waals surface area contributed by atoms with Crippen LogP contribution in [0.2, 0.25) is 0 Å². The lowest BCUT2D eigenvalue weighted by Crippen LogP contribution is -2.32. The number of aromatic nitrogens is 2. The molecule has 2 aromatic rings. The molecule has 0 fully saturated rings. The third kappa shape index (κ3) is 4.25. The van der Waals surface area contributed by atoms with Crippen molar-refractivity contribution in [3.05, 3.63) is 48.3 Å². The van der Waals surface area contributed by atoms with Gasteiger partial charge < -0.3 is 11.1 Å². The molecule has 4 nitrogen and oxygen atoms in total. The van der Waals surface area contributed by atoms with Crippen LogP contribution in [0, 0.1) is 0 Å². The van der Waals surface area contributed by atoms with E-state index in [1.807, 2.05) is 6.07 Å². The minimum atomic E-state index is -0.0572. The normalized spacial score (nSPS) is 11.3. The van der Waals surface area contributed by atoms with E-state index >= 15 is 0 Å². The van der Waals surface area contributed by atoms with Crippen molar-refractivity contribution in [2.24, 2.45) is 0 Å². The van der Waals surface area contributed by atoms with Crippen LogP contribution in [-0.4, -0.2) is 15.5 Å². The fourth-order valence-electron chi connectivity index (χ4n) is 1.95. The molecular weight excluding hydrogens is 236 g/mol. The van der Waals surface area contributed by atoms with Gasteiger partial charge in [-0.25, -0.2) is 4.98 Å². The van der Waals surface area contributed by atoms with Crippen LogP contribution in [0.3, 0.4) is 0 Å². The van der Waals surface area contributed by atoms with Crippen molar-refractivity contribution in [3.63, 3.8) is 0 Å². The summed E-state index contributed by atoms with van der Waals surface area (Å²) < 4.78 is 0. The third-order valence-corrected chi connectivity index (χ3v) is 3.00. The highest BCUT2D eigenvalue weighted by molar-refractivity contribution is 5.40. The highest BCUT2D eigenvalue weighted by Gasteiger charge is 2.18. The topological polar surface area (TPSA) is 63.8 Å². The van der Waals surface area contributed by atoms with E-state index in [1.165, 1.54) is 5.56 Å². The van der Waals surface area contributed by atoms with Crippen molar-refractivity contribution in [2.45, 2.75) is 32.2 Å². The molecule has 0 aliphatic carbocycles. The zero-order chi connectivity index (χ0) is 13.7. The summed E-state index contributed by atoms with van der Waals surface area (Å²) in [4.78, 5) is 8.25. The predicted molar refractivity (Wildman–Crippen MR) is 78.9 cm³/mol. The van der Waals surface area contributed by atoms with Crippen LogP contribution in [-0.2, 0) is 6.42 Å². The van der Waals surface area contributed by atoms with Crippen molar-refractivity contribution in [1.82, 2.24) is 9.97 Å². The Balaban J connectivity index is 1.95. The van der Waals surface area contributed by atoms with Crippen LogP contribution in [0.5, 0.6) is 0 Å². The van der Waals surface area contributed by atoms with Gasteiger partial charge in [-0.1, -0.05) is 30.3 Å². The fourth-order valence-corrected chi connectivity index (χ4v) is 1.95. The molecule has 0 atom stereocenters. The van der Waals surface area contributed by atoms with Crippen molar-refractivity contribution < 1.29 is 0 Å². The molecule has 0 radical (unpaired) electrons. The first-order valence-corrected chi connectivity index (χ1v) is 6.45. The van der Waals surface area contributed by atoms with E-state index in [-0.39, 0.29) is 5.54 Å². The lowest BCUT2D eigenvalue weighted by Gasteiger charge is -2.27. The molecule has 0 bridgehead atoms. The average molecular weight is 256 g/mol. The second-order valence-electron chi connectivity index (χ2n) is 5.32. The molecule has 1 aromatic carbocycles. The maximum atomic E-state index is 5.63. The summed E-state index contributed by atoms with van der Waals surface area (Å²) in [6.45, 7) is 4.31. The van der Waals surface area contributed by atoms with Crippen molar-refractivity contribution in [3.8, 4) is 0 Å². The van der Waals surface area contributed by atoms with Gasteiger partial charge in [-0.05, 0) is 32.3 Å². The standard InChI is InChI=1S/C15H20N4/c1-15(2,9-8-12-6-4-3-5-7-12)19-14-11-17-10-13(16)18-14/h3-7,10-11H,8-9H2,1-2H3,(H3,16,18,19). The second kappa shape index (κ2) is 5.69. The number of hydrogen-bond donors (Lipinski definition) is 2. The van der Waals surface area contributed by atoms with E-state index in [1.54, 1.807) is 12.4 Å². The smallest absolute Gasteiger partial charge is 0.147 e. The van der Waals surface area contributed by atoms with Gasteiger partial charge in [-0.15, -0.1) is 0 Å². The van der Waals surface area contributed by atoms with Gasteiger partial charge in [0.15, 0.2) is 0 Å². The molecule has 1 heterocycles. The first-order valence-electron chi connectivity index (χ1n) is 6.45. The first-order chi connectivity index (χ1) is 9.05. The molecule has 0 unspecified atom stereocenters. The summed E-state index contributed by atoms with van der Waals surface area (Å²) in [5, 5.41) is 3.38. The average Bonchev–Trinajstić information content (AvgIpc) is 2.37. The minimum Gasteiger partial charge on any atom is -0.382 e. The molecule has 3 N–H and O–H groups in total. The Bertz CT molecular complexity index is 523. The van der Waals surface area contributed by atoms with Crippen molar-refractivity contribution in [1.29, 1.82) is 0 Å². The molecule has 2 rings (SSSR count). The summed E-state index contributed by atoms with van der Waals surface area (Å²) in [7, 11) is 0. The molecule has 0 aliphatic rings. The van der Waals surface area contributed by atoms with Gasteiger partial charge in [0, 0.05) is 5.54 Å². The highest BCUT2D eigenvalue weighted by Crippen LogP contribution is 2.19. The summed E-state index contributed by atoms with van der Waals surface area (Å²) >= 11 is 0. The molecule has 0 saturated heterocycles. The molecular formula is C15H20N4. The van der Waals surface area contributed by atoms with Gasteiger partial charge in [-0.3, -0.25) is 4.98 Å². The second-order valence-corrected chi connectivity index (χ2v) is 5.32. The van der Waals surface area contributed by atoms with Gasteiger partial charge in [0.1, 0.15) is 11.6 Å². The van der Waals surface area contributed by atoms with Crippen LogP contribution in [0.1, 0.15) is 25.8 Å². The van der Waals surface area contributed by atoms with E-state index in [9.17, 15) is 0 Å². The van der Waals surface area contributed by atoms with Gasteiger partial charge in [0.25, 0.3) is 0 Å². The quantitative estimate of drug-likeness (QED) is 0.863. The Kier molecular flexibility index (Phi) is 4.00. The van der Waals surface area contributed by atoms with Crippen molar-refractivity contribution in [2.75, 3.05) is 11.1 Å². The van der Waals surface area contributed by atoms with Crippen LogP contribution in [0.4, 0.5) is 11.6 Å². The number of nitrogens with zero attached hydrogens (tertiary/aromatic N) is 2. The summed E-state index contributed by atoms with van der Waals surface area (Å²) in [5.74, 6) is 1.15. The number of nitrogens with one attached hydrogen (secondary N) is 1. The summed E-state index contributed by atoms with van der Waals surface area (Å²) in [6, 6.07) is 10.5. The third-order valence-electron chi connectivity index (χ3n) is 3.00. The Hall–Kier alpha value is -2.10. The highest BCUT2D eigenvalue weighted by atomic mass is 15.1. The maximum Gasteiger partial charge on any atom is 0.147 e. The number of hydrogen-bond acceptors (Lipinski definition) is 4. The van der Waals surface area contributed by atoms with Crippen LogP contribution in [0.15, 0.2) is 42.7 Å². The van der Waals surface area contributed by atoms with Gasteiger partial charge >= 0.3 is 0 Å². The number of nitrogens with two attached hydrogens (primary N) is 1. The largest absolute Gasteiger partial charge is 0.382 e. The molecule has 0 spiro atoms. The maximum absolute atomic E-state index is 5.63. The molecule has 0 amide bonds. The van der Waals surface area contributed by atoms with Crippen LogP contribution in [0.25, 0.3) is 0 Å². The Morgan fingerprint density at radius 1 is 1.16 bits per heavy atom. The van der Waals surface area contributed by atoms with E-state index in [4.69, 9.17) is 5.73 Å². The number of benzene rings is 1. The molecule has 19 heavy (non-hydrogen) atoms. The van der Waals surface area contributed by atoms with Crippen LogP contribution < -0.4 is 11.1 Å². The monoisotopic (exact) mass is 256 g/mol. The van der Waals surface area contributed by atoms with E-state index in [0.29, 0.717) is 5.82 Å². The molecule has 100 valence electrons. The number of rotatable bonds is 5. The van der Waals surface area contributed by atoms with E-state index in [2.05, 4.69) is 53.4 Å². The molecule has 0 aliphatic heterocycles. The number of nitrogen functional groups attached to an aromatic ring is 1. The summed E-state index contributed by atoms with van der Waals surface area (Å²) in [5.41, 5.74) is 6.92. The zero-order valence-corrected chi connectivity index (χ0v) is 11.4. The van der Waals surface area contributed by atoms with Crippen molar-refractivity contribution >= 4 is 11.6 Å². The first kappa shape index (κ1) is 13.3. The zero-order valence-electron chi connectivity index (χ0n) is 11.4. The predicted octanol–water partition coefficient (Wildman–Crippen LogP) is 2.88. The molecule has 1 aromatic heterocycles. The van der Waals surface area contributed by atoms with Gasteiger partial charge in [0.05, 0.1) is 12.4 Å². The molecule has 4 heteroatoms. The Morgan fingerprint density at radius 2 is 1.89 bits per heavy atom. The SMILES string of the molecule is CC(C)(CCc1ccccc1)Nc1cncc(N)n1. The summed E-state index contributed by atoms with van der Waals surface area (Å²) in [6.07, 6.45) is 5.27. The van der Waals surface area contributed by atoms with E-state index < -0.39 is 0 Å². The Labute approximate surface area is 114 Å². The molecule has 0 saturated carbocycles. The van der Waals surface area contributed by atoms with E-state index in [0.717, 1.165) is 18.7 Å². The van der Waals surface area contributed by atoms with Gasteiger partial charge in [0.2, 0.25) is 0 Å². The van der Waals surface area contributed by atoms with Crippen LogP contribution >= 0.6 is 0 Å². The minimum absolute atomic E-state index is 0.0572. The Morgan fingerprint density at radius 3 is 2.58 bits per heavy atom. The fraction of sp³-hybridized carbons (Fsp3) is 0.333. The number of aryl methyl sites for hydroxylation is 1. The lowest BCUT2D eigenvalue weighted by atomic mass is 9.95. The van der Waals surface area contributed by atoms with Gasteiger partial charge in [-0.2, -0.15) is 0 Å². The lowest BCUT2D eigenvalue weighted by molar-refractivity contribution is 0.516.